The molecule has 1 N–H and O–H groups in total. The van der Waals surface area contributed by atoms with Crippen LogP contribution in [-0.4, -0.2) is 29.6 Å². The number of nitrogens with one attached hydrogen (secondary N) is 1. The Bertz CT molecular complexity index is 814. The summed E-state index contributed by atoms with van der Waals surface area (Å²) in [5.41, 5.74) is 3.36. The summed E-state index contributed by atoms with van der Waals surface area (Å²) in [6.45, 7) is 2.13. The Morgan fingerprint density at radius 3 is 2.46 bits per heavy atom. The predicted molar refractivity (Wildman–Crippen MR) is 107 cm³/mol. The molecule has 0 spiro atoms. The van der Waals surface area contributed by atoms with Crippen molar-refractivity contribution in [2.24, 2.45) is 10.2 Å². The van der Waals surface area contributed by atoms with Gasteiger partial charge >= 0.3 is 0 Å². The summed E-state index contributed by atoms with van der Waals surface area (Å²) in [5, 5.41) is 11.3. The number of rotatable bonds is 6. The van der Waals surface area contributed by atoms with E-state index in [1.807, 2.05) is 24.3 Å². The van der Waals surface area contributed by atoms with Crippen LogP contribution < -0.4 is 10.1 Å². The summed E-state index contributed by atoms with van der Waals surface area (Å²) in [5.74, 6) is 0.773. The average Bonchev–Trinajstić information content (AvgIpc) is 3.02. The minimum Gasteiger partial charge on any atom is -0.497 e. The maximum atomic E-state index is 12.1. The van der Waals surface area contributed by atoms with Gasteiger partial charge in [0.1, 0.15) is 5.75 Å². The van der Waals surface area contributed by atoms with Crippen molar-refractivity contribution in [1.29, 1.82) is 0 Å². The van der Waals surface area contributed by atoms with Gasteiger partial charge in [-0.2, -0.15) is 5.10 Å². The number of hydrogen-bond donors (Lipinski definition) is 1. The van der Waals surface area contributed by atoms with Crippen LogP contribution in [-0.2, 0) is 17.6 Å². The largest absolute Gasteiger partial charge is 0.497 e. The molecular formula is C20H21N3O2S. The molecule has 3 rings (SSSR count). The van der Waals surface area contributed by atoms with Gasteiger partial charge in [-0.3, -0.25) is 4.79 Å². The minimum atomic E-state index is -0.169. The Balaban J connectivity index is 1.58. The number of thioether (sulfide) groups is 1. The first-order valence-electron chi connectivity index (χ1n) is 8.48. The second-order valence-corrected chi connectivity index (χ2v) is 7.08. The molecule has 1 aliphatic heterocycles. The summed E-state index contributed by atoms with van der Waals surface area (Å²) < 4.78 is 5.12. The summed E-state index contributed by atoms with van der Waals surface area (Å²) in [6.07, 6.45) is 3.35. The monoisotopic (exact) mass is 367 g/mol. The third-order valence-corrected chi connectivity index (χ3v) is 5.17. The maximum Gasteiger partial charge on any atom is 0.239 e. The summed E-state index contributed by atoms with van der Waals surface area (Å²) >= 11 is 1.42. The molecule has 1 heterocycles. The number of benzene rings is 2. The molecule has 0 bridgehead atoms. The van der Waals surface area contributed by atoms with Crippen LogP contribution in [0.15, 0.2) is 58.7 Å². The Morgan fingerprint density at radius 1 is 1.12 bits per heavy atom. The number of amidine groups is 1. The lowest BCUT2D eigenvalue weighted by Crippen LogP contribution is -2.25. The fraction of sp³-hybridized carbons (Fsp3) is 0.250. The van der Waals surface area contributed by atoms with Gasteiger partial charge in [0.2, 0.25) is 5.91 Å². The zero-order valence-corrected chi connectivity index (χ0v) is 15.6. The van der Waals surface area contributed by atoms with Crippen molar-refractivity contribution in [2.75, 3.05) is 7.11 Å². The number of hydrogen-bond acceptors (Lipinski definition) is 5. The normalized spacial score (nSPS) is 18.5. The predicted octanol–water partition coefficient (Wildman–Crippen LogP) is 3.42. The van der Waals surface area contributed by atoms with Crippen LogP contribution in [0.25, 0.3) is 0 Å². The van der Waals surface area contributed by atoms with Gasteiger partial charge < -0.3 is 10.1 Å². The van der Waals surface area contributed by atoms with E-state index < -0.39 is 0 Å². The average molecular weight is 367 g/mol. The Labute approximate surface area is 157 Å². The van der Waals surface area contributed by atoms with E-state index in [0.29, 0.717) is 11.6 Å². The molecule has 26 heavy (non-hydrogen) atoms. The molecule has 1 fully saturated rings. The van der Waals surface area contributed by atoms with Gasteiger partial charge in [-0.05, 0) is 53.8 Å². The molecule has 5 nitrogen and oxygen atoms in total. The van der Waals surface area contributed by atoms with Gasteiger partial charge in [-0.1, -0.05) is 43.0 Å². The molecule has 134 valence electrons. The standard InChI is InChI=1S/C20H21N3O2S/c1-3-14-4-6-15(7-5-14)12-18-19(24)22-20(26-18)23-21-13-16-8-10-17(25-2)11-9-16/h4-11,13,18H,3,12H2,1-2H3,(H,22,23,24)/b21-13-/t18-/m1/s1. The molecule has 0 radical (unpaired) electrons. The molecule has 1 aliphatic rings. The number of methoxy groups -OCH3 is 1. The van der Waals surface area contributed by atoms with E-state index in [1.54, 1.807) is 13.3 Å². The van der Waals surface area contributed by atoms with Gasteiger partial charge in [0.05, 0.1) is 18.6 Å². The van der Waals surface area contributed by atoms with Gasteiger partial charge in [0.25, 0.3) is 0 Å². The van der Waals surface area contributed by atoms with Crippen LogP contribution in [0.1, 0.15) is 23.6 Å². The van der Waals surface area contributed by atoms with Crippen LogP contribution in [0.4, 0.5) is 0 Å². The maximum absolute atomic E-state index is 12.1. The smallest absolute Gasteiger partial charge is 0.239 e. The molecule has 1 amide bonds. The van der Waals surface area contributed by atoms with Crippen molar-refractivity contribution >= 4 is 29.1 Å². The number of aryl methyl sites for hydroxylation is 1. The molecule has 0 unspecified atom stereocenters. The fourth-order valence-electron chi connectivity index (χ4n) is 2.55. The van der Waals surface area contributed by atoms with Crippen molar-refractivity contribution in [2.45, 2.75) is 25.0 Å². The number of ether oxygens (including phenoxy) is 1. The van der Waals surface area contributed by atoms with Crippen LogP contribution in [0, 0.1) is 0 Å². The molecule has 1 saturated heterocycles. The highest BCUT2D eigenvalue weighted by Crippen LogP contribution is 2.23. The van der Waals surface area contributed by atoms with Crippen molar-refractivity contribution in [3.63, 3.8) is 0 Å². The second kappa shape index (κ2) is 8.67. The first kappa shape index (κ1) is 18.2. The zero-order chi connectivity index (χ0) is 18.4. The van der Waals surface area contributed by atoms with Crippen LogP contribution in [0.3, 0.4) is 0 Å². The number of nitrogens with zero attached hydrogens (tertiary/aromatic N) is 2. The Morgan fingerprint density at radius 2 is 1.81 bits per heavy atom. The van der Waals surface area contributed by atoms with E-state index in [-0.39, 0.29) is 11.2 Å². The minimum absolute atomic E-state index is 0.0204. The zero-order valence-electron chi connectivity index (χ0n) is 14.8. The van der Waals surface area contributed by atoms with Crippen molar-refractivity contribution in [1.82, 2.24) is 5.32 Å². The molecule has 2 aromatic carbocycles. The van der Waals surface area contributed by atoms with E-state index in [1.165, 1.54) is 17.3 Å². The number of carbonyl (C=O) groups excluding carboxylic acids is 1. The first-order valence-corrected chi connectivity index (χ1v) is 9.36. The van der Waals surface area contributed by atoms with Gasteiger partial charge in [-0.15, -0.1) is 5.10 Å². The van der Waals surface area contributed by atoms with Crippen molar-refractivity contribution < 1.29 is 9.53 Å². The van der Waals surface area contributed by atoms with Crippen LogP contribution in [0.2, 0.25) is 0 Å². The Kier molecular flexibility index (Phi) is 6.07. The quantitative estimate of drug-likeness (QED) is 0.628. The molecule has 1 atom stereocenters. The van der Waals surface area contributed by atoms with Gasteiger partial charge in [-0.25, -0.2) is 0 Å². The topological polar surface area (TPSA) is 63.1 Å². The lowest BCUT2D eigenvalue weighted by Gasteiger charge is -2.06. The van der Waals surface area contributed by atoms with Crippen LogP contribution in [0.5, 0.6) is 5.75 Å². The van der Waals surface area contributed by atoms with Crippen molar-refractivity contribution in [3.05, 3.63) is 65.2 Å². The summed E-state index contributed by atoms with van der Waals surface area (Å²) in [7, 11) is 1.63. The summed E-state index contributed by atoms with van der Waals surface area (Å²) in [6, 6.07) is 15.9. The molecule has 0 saturated carbocycles. The molecule has 6 heteroatoms. The first-order chi connectivity index (χ1) is 12.7. The van der Waals surface area contributed by atoms with E-state index >= 15 is 0 Å². The van der Waals surface area contributed by atoms with E-state index in [9.17, 15) is 4.79 Å². The van der Waals surface area contributed by atoms with E-state index in [4.69, 9.17) is 4.74 Å². The van der Waals surface area contributed by atoms with E-state index in [0.717, 1.165) is 23.3 Å². The highest BCUT2D eigenvalue weighted by atomic mass is 32.2. The molecule has 2 aromatic rings. The van der Waals surface area contributed by atoms with E-state index in [2.05, 4.69) is 46.7 Å². The third kappa shape index (κ3) is 4.73. The highest BCUT2D eigenvalue weighted by molar-refractivity contribution is 8.15. The summed E-state index contributed by atoms with van der Waals surface area (Å²) in [4.78, 5) is 12.1. The third-order valence-electron chi connectivity index (χ3n) is 4.10. The molecular weight excluding hydrogens is 346 g/mol. The highest BCUT2D eigenvalue weighted by Gasteiger charge is 2.30. The lowest BCUT2D eigenvalue weighted by atomic mass is 10.1. The number of amides is 1. The molecule has 0 aliphatic carbocycles. The SMILES string of the molecule is CCc1ccc(C[C@H]2S/C(=N/N=C\c3ccc(OC)cc3)NC2=O)cc1. The van der Waals surface area contributed by atoms with Gasteiger partial charge in [0, 0.05) is 0 Å². The second-order valence-electron chi connectivity index (χ2n) is 5.89. The van der Waals surface area contributed by atoms with Crippen molar-refractivity contribution in [3.8, 4) is 5.75 Å². The molecule has 0 aromatic heterocycles. The Hall–Kier alpha value is -2.60. The van der Waals surface area contributed by atoms with Gasteiger partial charge in [0.15, 0.2) is 5.17 Å². The lowest BCUT2D eigenvalue weighted by molar-refractivity contribution is -0.118. The fourth-order valence-corrected chi connectivity index (χ4v) is 3.51. The number of carbonyl (C=O) groups is 1. The van der Waals surface area contributed by atoms with Crippen LogP contribution >= 0.6 is 11.8 Å².